The summed E-state index contributed by atoms with van der Waals surface area (Å²) in [5.41, 5.74) is -0.0362. The second-order valence-corrected chi connectivity index (χ2v) is 7.34. The molecule has 1 atom stereocenters. The van der Waals surface area contributed by atoms with Gasteiger partial charge in [0, 0.05) is 6.42 Å². The van der Waals surface area contributed by atoms with E-state index in [4.69, 9.17) is 21.1 Å². The lowest BCUT2D eigenvalue weighted by atomic mass is 10.1. The van der Waals surface area contributed by atoms with Crippen molar-refractivity contribution in [2.45, 2.75) is 59.0 Å². The molecule has 0 N–H and O–H groups in total. The predicted molar refractivity (Wildman–Crippen MR) is 99.7 cm³/mol. The first-order chi connectivity index (χ1) is 12.2. The number of ether oxygens (including phenoxy) is 2. The third-order valence-corrected chi connectivity index (χ3v) is 3.97. The van der Waals surface area contributed by atoms with Crippen LogP contribution < -0.4 is 15.0 Å². The molecule has 5 nitrogen and oxygen atoms in total. The topological polar surface area (TPSA) is 53.4 Å². The molecule has 2 aromatic rings. The first kappa shape index (κ1) is 20.2. The summed E-state index contributed by atoms with van der Waals surface area (Å²) in [6.45, 7) is 7.70. The molecule has 0 saturated heterocycles. The third kappa shape index (κ3) is 5.21. The van der Waals surface area contributed by atoms with E-state index in [9.17, 15) is 9.18 Å². The molecule has 1 heterocycles. The minimum Gasteiger partial charge on any atom is -0.485 e. The number of hydrogen-bond acceptors (Lipinski definition) is 4. The molecule has 1 unspecified atom stereocenters. The van der Waals surface area contributed by atoms with E-state index < -0.39 is 17.5 Å². The van der Waals surface area contributed by atoms with Crippen LogP contribution in [0, 0.1) is 0 Å². The second kappa shape index (κ2) is 8.54. The first-order valence-electron chi connectivity index (χ1n) is 8.53. The predicted octanol–water partition coefficient (Wildman–Crippen LogP) is 4.71. The molecule has 1 aromatic carbocycles. The molecule has 0 radical (unpaired) electrons. The summed E-state index contributed by atoms with van der Waals surface area (Å²) in [5.74, 6) is 0.687. The summed E-state index contributed by atoms with van der Waals surface area (Å²) < 4.78 is 25.6. The molecule has 0 bridgehead atoms. The molecule has 2 rings (SSSR count). The fraction of sp³-hybridized carbons (Fsp3) is 0.474. The molecule has 26 heavy (non-hydrogen) atoms. The summed E-state index contributed by atoms with van der Waals surface area (Å²) in [6.07, 6.45) is 1.21. The summed E-state index contributed by atoms with van der Waals surface area (Å²) >= 11 is 6.12. The van der Waals surface area contributed by atoms with E-state index in [0.29, 0.717) is 12.2 Å². The van der Waals surface area contributed by atoms with Gasteiger partial charge in [-0.1, -0.05) is 30.7 Å². The number of nitrogens with zero attached hydrogens (tertiary/aromatic N) is 2. The Balaban J connectivity index is 2.03. The SMILES string of the molecule is CCCC(F)Oc1ccc(COc2cnn(C(C)(C)C)c(=O)c2Cl)cc1. The fourth-order valence-corrected chi connectivity index (χ4v) is 2.44. The smallest absolute Gasteiger partial charge is 0.289 e. The van der Waals surface area contributed by atoms with E-state index in [1.54, 1.807) is 24.3 Å². The van der Waals surface area contributed by atoms with Gasteiger partial charge in [-0.25, -0.2) is 9.07 Å². The summed E-state index contributed by atoms with van der Waals surface area (Å²) in [4.78, 5) is 12.3. The van der Waals surface area contributed by atoms with Crippen LogP contribution in [0.2, 0.25) is 5.02 Å². The normalized spacial score (nSPS) is 12.7. The van der Waals surface area contributed by atoms with Gasteiger partial charge in [0.1, 0.15) is 12.4 Å². The average Bonchev–Trinajstić information content (AvgIpc) is 2.56. The van der Waals surface area contributed by atoms with Crippen LogP contribution >= 0.6 is 11.6 Å². The molecule has 0 spiro atoms. The van der Waals surface area contributed by atoms with Crippen LogP contribution in [0.5, 0.6) is 11.5 Å². The van der Waals surface area contributed by atoms with Gasteiger partial charge < -0.3 is 9.47 Å². The summed E-state index contributed by atoms with van der Waals surface area (Å²) in [7, 11) is 0. The van der Waals surface area contributed by atoms with Crippen molar-refractivity contribution in [3.05, 3.63) is 51.4 Å². The zero-order valence-corrected chi connectivity index (χ0v) is 16.2. The molecule has 0 aliphatic heterocycles. The lowest BCUT2D eigenvalue weighted by Crippen LogP contribution is -2.36. The number of halogens is 2. The van der Waals surface area contributed by atoms with Gasteiger partial charge in [0.25, 0.3) is 5.56 Å². The van der Waals surface area contributed by atoms with Gasteiger partial charge in [-0.2, -0.15) is 5.10 Å². The van der Waals surface area contributed by atoms with Gasteiger partial charge in [0.15, 0.2) is 10.8 Å². The molecule has 7 heteroatoms. The minimum atomic E-state index is -1.30. The van der Waals surface area contributed by atoms with Gasteiger partial charge in [-0.15, -0.1) is 0 Å². The van der Waals surface area contributed by atoms with Gasteiger partial charge in [-0.3, -0.25) is 4.79 Å². The molecular weight excluding hydrogens is 359 g/mol. The lowest BCUT2D eigenvalue weighted by molar-refractivity contribution is 0.0588. The van der Waals surface area contributed by atoms with Crippen molar-refractivity contribution in [3.63, 3.8) is 0 Å². The fourth-order valence-electron chi connectivity index (χ4n) is 2.25. The van der Waals surface area contributed by atoms with Crippen LogP contribution in [0.1, 0.15) is 46.1 Å². The maximum atomic E-state index is 13.5. The Morgan fingerprint density at radius 3 is 2.50 bits per heavy atom. The number of rotatable bonds is 7. The van der Waals surface area contributed by atoms with E-state index in [2.05, 4.69) is 5.10 Å². The monoisotopic (exact) mass is 382 g/mol. The molecular formula is C19H24ClFN2O3. The Morgan fingerprint density at radius 2 is 1.92 bits per heavy atom. The van der Waals surface area contributed by atoms with E-state index in [1.165, 1.54) is 10.9 Å². The van der Waals surface area contributed by atoms with E-state index in [1.807, 2.05) is 27.7 Å². The van der Waals surface area contributed by atoms with Crippen LogP contribution in [0.4, 0.5) is 4.39 Å². The summed E-state index contributed by atoms with van der Waals surface area (Å²) in [5, 5.41) is 4.11. The highest BCUT2D eigenvalue weighted by atomic mass is 35.5. The molecule has 0 saturated carbocycles. The maximum absolute atomic E-state index is 13.5. The number of hydrogen-bond donors (Lipinski definition) is 0. The Morgan fingerprint density at radius 1 is 1.27 bits per heavy atom. The Hall–Kier alpha value is -2.08. The average molecular weight is 383 g/mol. The zero-order valence-electron chi connectivity index (χ0n) is 15.5. The molecule has 0 fully saturated rings. The quantitative estimate of drug-likeness (QED) is 0.696. The Labute approximate surface area is 157 Å². The van der Waals surface area contributed by atoms with Crippen molar-refractivity contribution in [2.24, 2.45) is 0 Å². The van der Waals surface area contributed by atoms with Crippen LogP contribution in [-0.4, -0.2) is 16.1 Å². The maximum Gasteiger partial charge on any atom is 0.289 e. The third-order valence-electron chi connectivity index (χ3n) is 3.62. The van der Waals surface area contributed by atoms with Crippen LogP contribution in [0.15, 0.2) is 35.3 Å². The van der Waals surface area contributed by atoms with Crippen LogP contribution in [-0.2, 0) is 12.1 Å². The minimum absolute atomic E-state index is 0.00489. The van der Waals surface area contributed by atoms with Gasteiger partial charge in [0.2, 0.25) is 6.36 Å². The highest BCUT2D eigenvalue weighted by molar-refractivity contribution is 6.31. The largest absolute Gasteiger partial charge is 0.485 e. The lowest BCUT2D eigenvalue weighted by Gasteiger charge is -2.21. The van der Waals surface area contributed by atoms with Gasteiger partial charge >= 0.3 is 0 Å². The first-order valence-corrected chi connectivity index (χ1v) is 8.91. The van der Waals surface area contributed by atoms with E-state index >= 15 is 0 Å². The Kier molecular flexibility index (Phi) is 6.64. The molecule has 142 valence electrons. The van der Waals surface area contributed by atoms with E-state index in [0.717, 1.165) is 12.0 Å². The van der Waals surface area contributed by atoms with E-state index in [-0.39, 0.29) is 17.4 Å². The standard InChI is InChI=1S/C19H24ClFN2O3/c1-5-6-16(21)26-14-9-7-13(8-10-14)12-25-15-11-22-23(19(2,3)4)18(24)17(15)20/h7-11,16H,5-6,12H2,1-4H3. The van der Waals surface area contributed by atoms with Crippen molar-refractivity contribution in [1.29, 1.82) is 0 Å². The van der Waals surface area contributed by atoms with Crippen molar-refractivity contribution in [3.8, 4) is 11.5 Å². The van der Waals surface area contributed by atoms with Crippen molar-refractivity contribution >= 4 is 11.6 Å². The molecule has 0 aliphatic carbocycles. The number of benzene rings is 1. The van der Waals surface area contributed by atoms with Crippen LogP contribution in [0.25, 0.3) is 0 Å². The molecule has 0 amide bonds. The van der Waals surface area contributed by atoms with Crippen molar-refractivity contribution < 1.29 is 13.9 Å². The molecule has 0 aliphatic rings. The van der Waals surface area contributed by atoms with Gasteiger partial charge in [0.05, 0.1) is 11.7 Å². The zero-order chi connectivity index (χ0) is 19.3. The van der Waals surface area contributed by atoms with Crippen molar-refractivity contribution in [1.82, 2.24) is 9.78 Å². The number of alkyl halides is 1. The van der Waals surface area contributed by atoms with Gasteiger partial charge in [-0.05, 0) is 44.9 Å². The second-order valence-electron chi connectivity index (χ2n) is 6.96. The highest BCUT2D eigenvalue weighted by Gasteiger charge is 2.20. The molecule has 1 aromatic heterocycles. The van der Waals surface area contributed by atoms with Crippen LogP contribution in [0.3, 0.4) is 0 Å². The Bertz CT molecular complexity index is 785. The van der Waals surface area contributed by atoms with Crippen molar-refractivity contribution in [2.75, 3.05) is 0 Å². The number of aromatic nitrogens is 2. The highest BCUT2D eigenvalue weighted by Crippen LogP contribution is 2.22. The summed E-state index contributed by atoms with van der Waals surface area (Å²) in [6, 6.07) is 6.90.